The number of sulfonamides is 1. The second-order valence-corrected chi connectivity index (χ2v) is 12.2. The molecule has 40 heavy (non-hydrogen) atoms. The molecule has 2 aliphatic rings. The summed E-state index contributed by atoms with van der Waals surface area (Å²) in [5.41, 5.74) is 2.47. The van der Waals surface area contributed by atoms with Gasteiger partial charge in [-0.25, -0.2) is 8.42 Å². The topological polar surface area (TPSA) is 79.4 Å². The van der Waals surface area contributed by atoms with E-state index in [9.17, 15) is 13.2 Å². The van der Waals surface area contributed by atoms with Gasteiger partial charge in [0, 0.05) is 45.3 Å². The third kappa shape index (κ3) is 5.87. The van der Waals surface area contributed by atoms with Crippen LogP contribution in [0.1, 0.15) is 30.0 Å². The minimum atomic E-state index is -3.78. The highest BCUT2D eigenvalue weighted by Crippen LogP contribution is 2.33. The van der Waals surface area contributed by atoms with Gasteiger partial charge in [-0.3, -0.25) is 9.69 Å². The number of benzene rings is 3. The minimum Gasteiger partial charge on any atom is -0.493 e. The average Bonchev–Trinajstić information content (AvgIpc) is 3.02. The summed E-state index contributed by atoms with van der Waals surface area (Å²) in [6.07, 6.45) is 1.33. The van der Waals surface area contributed by atoms with Gasteiger partial charge in [0.1, 0.15) is 0 Å². The van der Waals surface area contributed by atoms with Crippen LogP contribution in [-0.2, 0) is 14.8 Å². The Bertz CT molecular complexity index is 1350. The summed E-state index contributed by atoms with van der Waals surface area (Å²) in [5.74, 6) is 0.515. The first-order valence-electron chi connectivity index (χ1n) is 13.8. The highest BCUT2D eigenvalue weighted by molar-refractivity contribution is 7.89. The molecule has 0 spiro atoms. The molecule has 2 heterocycles. The summed E-state index contributed by atoms with van der Waals surface area (Å²) in [6.45, 7) is 3.32. The Labute approximate surface area is 237 Å². The molecule has 3 aromatic rings. The van der Waals surface area contributed by atoms with Gasteiger partial charge >= 0.3 is 0 Å². The summed E-state index contributed by atoms with van der Waals surface area (Å²) in [5, 5.41) is 0. The van der Waals surface area contributed by atoms with Gasteiger partial charge in [-0.1, -0.05) is 60.7 Å². The lowest BCUT2D eigenvalue weighted by Crippen LogP contribution is -2.53. The molecule has 8 nitrogen and oxygen atoms in total. The van der Waals surface area contributed by atoms with Crippen LogP contribution in [-0.4, -0.2) is 81.9 Å². The van der Waals surface area contributed by atoms with Crippen molar-refractivity contribution >= 4 is 15.9 Å². The van der Waals surface area contributed by atoms with Gasteiger partial charge in [0.2, 0.25) is 15.9 Å². The molecule has 1 amide bonds. The molecule has 9 heteroatoms. The molecule has 5 rings (SSSR count). The van der Waals surface area contributed by atoms with Crippen LogP contribution in [0.15, 0.2) is 83.8 Å². The SMILES string of the molecule is COc1ccc(S(=O)(=O)N2CCC[C@@H](C(=O)N3CCN(C(c4ccccc4)c4ccccc4)CC3)C2)cc1OC. The fourth-order valence-corrected chi connectivity index (χ4v) is 7.37. The van der Waals surface area contributed by atoms with Crippen LogP contribution in [0.3, 0.4) is 0 Å². The Balaban J connectivity index is 1.26. The van der Waals surface area contributed by atoms with Crippen molar-refractivity contribution in [3.8, 4) is 11.5 Å². The Kier molecular flexibility index (Phi) is 8.73. The number of ether oxygens (including phenoxy) is 2. The van der Waals surface area contributed by atoms with E-state index >= 15 is 0 Å². The first kappa shape index (κ1) is 28.1. The van der Waals surface area contributed by atoms with Crippen molar-refractivity contribution in [1.82, 2.24) is 14.1 Å². The summed E-state index contributed by atoms with van der Waals surface area (Å²) >= 11 is 0. The molecule has 0 saturated carbocycles. The molecule has 0 aliphatic carbocycles. The Morgan fingerprint density at radius 2 is 1.40 bits per heavy atom. The van der Waals surface area contributed by atoms with E-state index in [1.54, 1.807) is 6.07 Å². The Morgan fingerprint density at radius 3 is 1.98 bits per heavy atom. The van der Waals surface area contributed by atoms with E-state index in [0.717, 1.165) is 13.1 Å². The van der Waals surface area contributed by atoms with Crippen molar-refractivity contribution in [3.63, 3.8) is 0 Å². The molecule has 0 radical (unpaired) electrons. The maximum absolute atomic E-state index is 13.6. The maximum Gasteiger partial charge on any atom is 0.243 e. The van der Waals surface area contributed by atoms with Crippen LogP contribution in [0.5, 0.6) is 11.5 Å². The molecule has 2 saturated heterocycles. The normalized spacial score (nSPS) is 19.0. The van der Waals surface area contributed by atoms with Crippen molar-refractivity contribution in [2.24, 2.45) is 5.92 Å². The number of piperidine rings is 1. The number of carbonyl (C=O) groups is 1. The van der Waals surface area contributed by atoms with E-state index in [1.807, 2.05) is 17.0 Å². The van der Waals surface area contributed by atoms with Gasteiger partial charge < -0.3 is 14.4 Å². The van der Waals surface area contributed by atoms with E-state index in [-0.39, 0.29) is 29.3 Å². The van der Waals surface area contributed by atoms with E-state index in [0.29, 0.717) is 44.0 Å². The van der Waals surface area contributed by atoms with Gasteiger partial charge in [-0.2, -0.15) is 4.31 Å². The first-order chi connectivity index (χ1) is 19.4. The number of piperazine rings is 1. The predicted octanol–water partition coefficient (Wildman–Crippen LogP) is 4.04. The van der Waals surface area contributed by atoms with Crippen molar-refractivity contribution < 1.29 is 22.7 Å². The zero-order valence-corrected chi connectivity index (χ0v) is 23.9. The largest absolute Gasteiger partial charge is 0.493 e. The average molecular weight is 564 g/mol. The highest BCUT2D eigenvalue weighted by atomic mass is 32.2. The Morgan fingerprint density at radius 1 is 0.800 bits per heavy atom. The number of rotatable bonds is 8. The van der Waals surface area contributed by atoms with E-state index in [1.165, 1.54) is 41.8 Å². The molecule has 3 aromatic carbocycles. The first-order valence-corrected chi connectivity index (χ1v) is 15.2. The van der Waals surface area contributed by atoms with Crippen LogP contribution in [0, 0.1) is 5.92 Å². The lowest BCUT2D eigenvalue weighted by Gasteiger charge is -2.41. The summed E-state index contributed by atoms with van der Waals surface area (Å²) in [4.78, 5) is 18.1. The number of hydrogen-bond donors (Lipinski definition) is 0. The third-order valence-electron chi connectivity index (χ3n) is 7.95. The molecular weight excluding hydrogens is 526 g/mol. The fraction of sp³-hybridized carbons (Fsp3) is 0.387. The number of amides is 1. The number of methoxy groups -OCH3 is 2. The molecule has 212 valence electrons. The minimum absolute atomic E-state index is 0.0443. The van der Waals surface area contributed by atoms with E-state index < -0.39 is 10.0 Å². The van der Waals surface area contributed by atoms with Gasteiger partial charge in [-0.15, -0.1) is 0 Å². The van der Waals surface area contributed by atoms with Crippen LogP contribution in [0.4, 0.5) is 0 Å². The standard InChI is InChI=1S/C31H37N3O5S/c1-38-28-16-15-27(22-29(28)39-2)40(36,37)34-17-9-14-26(23-34)31(35)33-20-18-32(19-21-33)30(24-10-5-3-6-11-24)25-12-7-4-8-13-25/h3-8,10-13,15-16,22,26,30H,9,14,17-21,23H2,1-2H3/t26-/m1/s1. The highest BCUT2D eigenvalue weighted by Gasteiger charge is 2.37. The van der Waals surface area contributed by atoms with Crippen LogP contribution in [0.25, 0.3) is 0 Å². The molecule has 0 aromatic heterocycles. The second kappa shape index (κ2) is 12.4. The summed E-state index contributed by atoms with van der Waals surface area (Å²) in [7, 11) is -0.791. The van der Waals surface area contributed by atoms with Crippen LogP contribution < -0.4 is 9.47 Å². The number of nitrogens with zero attached hydrogens (tertiary/aromatic N) is 3. The number of carbonyl (C=O) groups excluding carboxylic acids is 1. The van der Waals surface area contributed by atoms with Gasteiger partial charge in [-0.05, 0) is 36.1 Å². The molecule has 2 aliphatic heterocycles. The smallest absolute Gasteiger partial charge is 0.243 e. The monoisotopic (exact) mass is 563 g/mol. The molecule has 2 fully saturated rings. The zero-order valence-electron chi connectivity index (χ0n) is 23.1. The van der Waals surface area contributed by atoms with Gasteiger partial charge in [0.25, 0.3) is 0 Å². The quantitative estimate of drug-likeness (QED) is 0.412. The maximum atomic E-state index is 13.6. The summed E-state index contributed by atoms with van der Waals surface area (Å²) in [6, 6.07) is 25.7. The third-order valence-corrected chi connectivity index (χ3v) is 9.81. The van der Waals surface area contributed by atoms with Gasteiger partial charge in [0.05, 0.1) is 31.1 Å². The number of hydrogen-bond acceptors (Lipinski definition) is 6. The van der Waals surface area contributed by atoms with Crippen molar-refractivity contribution in [1.29, 1.82) is 0 Å². The summed E-state index contributed by atoms with van der Waals surface area (Å²) < 4.78 is 39.0. The lowest BCUT2D eigenvalue weighted by molar-refractivity contribution is -0.138. The van der Waals surface area contributed by atoms with E-state index in [2.05, 4.69) is 53.4 Å². The fourth-order valence-electron chi connectivity index (χ4n) is 5.83. The van der Waals surface area contributed by atoms with Crippen LogP contribution in [0.2, 0.25) is 0 Å². The van der Waals surface area contributed by atoms with E-state index in [4.69, 9.17) is 9.47 Å². The predicted molar refractivity (Wildman–Crippen MR) is 154 cm³/mol. The second-order valence-electron chi connectivity index (χ2n) is 10.3. The van der Waals surface area contributed by atoms with Gasteiger partial charge in [0.15, 0.2) is 11.5 Å². The Hall–Kier alpha value is -3.40. The molecule has 1 atom stereocenters. The van der Waals surface area contributed by atoms with Crippen molar-refractivity contribution in [2.75, 3.05) is 53.5 Å². The molecule has 0 N–H and O–H groups in total. The molecular formula is C31H37N3O5S. The van der Waals surface area contributed by atoms with Crippen molar-refractivity contribution in [2.45, 2.75) is 23.8 Å². The van der Waals surface area contributed by atoms with Crippen molar-refractivity contribution in [3.05, 3.63) is 90.0 Å². The molecule has 0 bridgehead atoms. The van der Waals surface area contributed by atoms with Crippen LogP contribution >= 0.6 is 0 Å². The molecule has 0 unspecified atom stereocenters. The lowest BCUT2D eigenvalue weighted by atomic mass is 9.95. The zero-order chi connectivity index (χ0) is 28.1.